The van der Waals surface area contributed by atoms with E-state index in [0.29, 0.717) is 17.9 Å². The van der Waals surface area contributed by atoms with E-state index in [1.807, 2.05) is 31.2 Å². The third-order valence-corrected chi connectivity index (χ3v) is 4.19. The molecule has 2 N–H and O–H groups in total. The lowest BCUT2D eigenvalue weighted by Gasteiger charge is -2.35. The van der Waals surface area contributed by atoms with Crippen LogP contribution in [0.1, 0.15) is 31.4 Å². The molecule has 5 heteroatoms. The van der Waals surface area contributed by atoms with Crippen LogP contribution in [0, 0.1) is 0 Å². The summed E-state index contributed by atoms with van der Waals surface area (Å²) >= 11 is 5.87. The molecule has 1 heterocycles. The molecule has 110 valence electrons. The number of benzene rings is 1. The molecule has 1 amide bonds. The maximum Gasteiger partial charge on any atom is 0.252 e. The molecule has 4 nitrogen and oxygen atoms in total. The summed E-state index contributed by atoms with van der Waals surface area (Å²) in [5, 5.41) is 6.98. The minimum atomic E-state index is -0.702. The molecule has 1 aliphatic heterocycles. The van der Waals surface area contributed by atoms with Crippen LogP contribution in [-0.4, -0.2) is 31.7 Å². The molecule has 0 saturated carbocycles. The molecule has 0 aliphatic carbocycles. The first-order valence-electron chi connectivity index (χ1n) is 6.90. The van der Waals surface area contributed by atoms with Crippen LogP contribution in [0.3, 0.4) is 0 Å². The molecule has 1 aromatic carbocycles. The number of carbonyl (C=O) groups excluding carboxylic acids is 1. The van der Waals surface area contributed by atoms with Crippen molar-refractivity contribution in [1.82, 2.24) is 10.6 Å². The van der Waals surface area contributed by atoms with Gasteiger partial charge in [0.25, 0.3) is 5.91 Å². The summed E-state index contributed by atoms with van der Waals surface area (Å²) in [7, 11) is 1.61. The first-order valence-corrected chi connectivity index (χ1v) is 7.27. The Morgan fingerprint density at radius 1 is 1.35 bits per heavy atom. The molecule has 0 radical (unpaired) electrons. The molecule has 1 fully saturated rings. The van der Waals surface area contributed by atoms with Gasteiger partial charge in [0.05, 0.1) is 6.04 Å². The second kappa shape index (κ2) is 6.57. The number of methoxy groups -OCH3 is 1. The van der Waals surface area contributed by atoms with E-state index < -0.39 is 5.60 Å². The maximum absolute atomic E-state index is 12.5. The van der Waals surface area contributed by atoms with Gasteiger partial charge in [-0.25, -0.2) is 0 Å². The molecule has 0 spiro atoms. The summed E-state index contributed by atoms with van der Waals surface area (Å²) in [6.45, 7) is 3.57. The first kappa shape index (κ1) is 15.3. The van der Waals surface area contributed by atoms with Crippen LogP contribution in [0.2, 0.25) is 5.02 Å². The number of hydrogen-bond donors (Lipinski definition) is 2. The zero-order valence-corrected chi connectivity index (χ0v) is 12.7. The van der Waals surface area contributed by atoms with Gasteiger partial charge in [0.15, 0.2) is 0 Å². The second-order valence-corrected chi connectivity index (χ2v) is 5.63. The second-order valence-electron chi connectivity index (χ2n) is 5.20. The minimum absolute atomic E-state index is 0.0380. The number of amides is 1. The fourth-order valence-electron chi connectivity index (χ4n) is 2.52. The Morgan fingerprint density at radius 2 is 1.95 bits per heavy atom. The van der Waals surface area contributed by atoms with Crippen LogP contribution < -0.4 is 10.6 Å². The molecule has 0 aromatic heterocycles. The highest BCUT2D eigenvalue weighted by Gasteiger charge is 2.40. The van der Waals surface area contributed by atoms with Gasteiger partial charge in [0.1, 0.15) is 5.60 Å². The van der Waals surface area contributed by atoms with Crippen molar-refractivity contribution < 1.29 is 9.53 Å². The largest absolute Gasteiger partial charge is 0.368 e. The Morgan fingerprint density at radius 3 is 2.50 bits per heavy atom. The topological polar surface area (TPSA) is 50.4 Å². The molecule has 1 atom stereocenters. The van der Waals surface area contributed by atoms with E-state index in [-0.39, 0.29) is 11.9 Å². The molecular weight excluding hydrogens is 276 g/mol. The van der Waals surface area contributed by atoms with Crippen LogP contribution in [-0.2, 0) is 9.53 Å². The molecule has 1 aliphatic rings. The first-order chi connectivity index (χ1) is 9.57. The van der Waals surface area contributed by atoms with Gasteiger partial charge >= 0.3 is 0 Å². The van der Waals surface area contributed by atoms with Crippen molar-refractivity contribution in [3.05, 3.63) is 34.9 Å². The van der Waals surface area contributed by atoms with Crippen LogP contribution in [0.5, 0.6) is 0 Å². The predicted molar refractivity (Wildman–Crippen MR) is 79.9 cm³/mol. The lowest BCUT2D eigenvalue weighted by Crippen LogP contribution is -2.54. The summed E-state index contributed by atoms with van der Waals surface area (Å²) in [6.07, 6.45) is 1.39. The van der Waals surface area contributed by atoms with Crippen LogP contribution in [0.25, 0.3) is 0 Å². The average Bonchev–Trinajstić information content (AvgIpc) is 2.48. The lowest BCUT2D eigenvalue weighted by molar-refractivity contribution is -0.147. The number of rotatable bonds is 4. The molecule has 1 unspecified atom stereocenters. The predicted octanol–water partition coefficient (Wildman–Crippen LogP) is 2.29. The van der Waals surface area contributed by atoms with Crippen molar-refractivity contribution in [2.24, 2.45) is 0 Å². The van der Waals surface area contributed by atoms with Crippen LogP contribution in [0.15, 0.2) is 24.3 Å². The highest BCUT2D eigenvalue weighted by atomic mass is 35.5. The molecule has 20 heavy (non-hydrogen) atoms. The SMILES string of the molecule is COC1(C(=O)NC(C)c2ccc(Cl)cc2)CCNCC1. The Kier molecular flexibility index (Phi) is 5.02. The van der Waals surface area contributed by atoms with Gasteiger partial charge in [0, 0.05) is 12.1 Å². The van der Waals surface area contributed by atoms with E-state index in [4.69, 9.17) is 16.3 Å². The third-order valence-electron chi connectivity index (χ3n) is 3.93. The number of ether oxygens (including phenoxy) is 1. The summed E-state index contributed by atoms with van der Waals surface area (Å²) in [6, 6.07) is 7.44. The number of halogens is 1. The fraction of sp³-hybridized carbons (Fsp3) is 0.533. The number of hydrogen-bond acceptors (Lipinski definition) is 3. The average molecular weight is 297 g/mol. The monoisotopic (exact) mass is 296 g/mol. The van der Waals surface area contributed by atoms with Gasteiger partial charge in [-0.2, -0.15) is 0 Å². The van der Waals surface area contributed by atoms with Crippen molar-refractivity contribution >= 4 is 17.5 Å². The van der Waals surface area contributed by atoms with Gasteiger partial charge in [0.2, 0.25) is 0 Å². The van der Waals surface area contributed by atoms with Crippen molar-refractivity contribution in [3.8, 4) is 0 Å². The number of nitrogens with one attached hydrogen (secondary N) is 2. The standard InChI is InChI=1S/C15H21ClN2O2/c1-11(12-3-5-13(16)6-4-12)18-14(19)15(20-2)7-9-17-10-8-15/h3-6,11,17H,7-10H2,1-2H3,(H,18,19). The Bertz CT molecular complexity index is 455. The Labute approximate surface area is 124 Å². The van der Waals surface area contributed by atoms with Gasteiger partial charge in [-0.15, -0.1) is 0 Å². The van der Waals surface area contributed by atoms with Gasteiger partial charge in [-0.3, -0.25) is 4.79 Å². The van der Waals surface area contributed by atoms with E-state index in [2.05, 4.69) is 10.6 Å². The Balaban J connectivity index is 2.04. The summed E-state index contributed by atoms with van der Waals surface area (Å²) in [4.78, 5) is 12.5. The zero-order chi connectivity index (χ0) is 14.6. The molecule has 0 bridgehead atoms. The van der Waals surface area contributed by atoms with Crippen molar-refractivity contribution in [1.29, 1.82) is 0 Å². The molecule has 2 rings (SSSR count). The molecule has 1 saturated heterocycles. The fourth-order valence-corrected chi connectivity index (χ4v) is 2.64. The quantitative estimate of drug-likeness (QED) is 0.896. The van der Waals surface area contributed by atoms with Crippen LogP contribution >= 0.6 is 11.6 Å². The van der Waals surface area contributed by atoms with Gasteiger partial charge < -0.3 is 15.4 Å². The highest BCUT2D eigenvalue weighted by molar-refractivity contribution is 6.30. The summed E-state index contributed by atoms with van der Waals surface area (Å²) in [5.41, 5.74) is 0.328. The Hall–Kier alpha value is -1.10. The minimum Gasteiger partial charge on any atom is -0.368 e. The number of carbonyl (C=O) groups is 1. The van der Waals surface area contributed by atoms with E-state index in [1.165, 1.54) is 0 Å². The smallest absolute Gasteiger partial charge is 0.252 e. The van der Waals surface area contributed by atoms with Crippen molar-refractivity contribution in [2.45, 2.75) is 31.4 Å². The lowest BCUT2D eigenvalue weighted by atomic mass is 9.90. The zero-order valence-electron chi connectivity index (χ0n) is 11.9. The van der Waals surface area contributed by atoms with Gasteiger partial charge in [-0.1, -0.05) is 23.7 Å². The van der Waals surface area contributed by atoms with E-state index in [1.54, 1.807) is 7.11 Å². The normalized spacial score (nSPS) is 19.4. The third kappa shape index (κ3) is 3.32. The molecular formula is C15H21ClN2O2. The van der Waals surface area contributed by atoms with Crippen LogP contribution in [0.4, 0.5) is 0 Å². The van der Waals surface area contributed by atoms with E-state index >= 15 is 0 Å². The molecule has 1 aromatic rings. The van der Waals surface area contributed by atoms with E-state index in [0.717, 1.165) is 18.7 Å². The summed E-state index contributed by atoms with van der Waals surface area (Å²) in [5.74, 6) is -0.0380. The van der Waals surface area contributed by atoms with Gasteiger partial charge in [-0.05, 0) is 50.6 Å². The number of piperidine rings is 1. The van der Waals surface area contributed by atoms with Crippen molar-refractivity contribution in [3.63, 3.8) is 0 Å². The maximum atomic E-state index is 12.5. The summed E-state index contributed by atoms with van der Waals surface area (Å²) < 4.78 is 5.52. The van der Waals surface area contributed by atoms with E-state index in [9.17, 15) is 4.79 Å². The highest BCUT2D eigenvalue weighted by Crippen LogP contribution is 2.24. The van der Waals surface area contributed by atoms with Crippen molar-refractivity contribution in [2.75, 3.05) is 20.2 Å².